The number of H-pyrrole nitrogens is 1. The number of aromatic amines is 1. The number of hydrogen-bond acceptors (Lipinski definition) is 7. The number of carbonyl (C=O) groups excluding carboxylic acids is 1. The Morgan fingerprint density at radius 1 is 1.02 bits per heavy atom. The van der Waals surface area contributed by atoms with E-state index in [1.165, 1.54) is 22.9 Å². The van der Waals surface area contributed by atoms with Crippen LogP contribution in [0.3, 0.4) is 0 Å². The van der Waals surface area contributed by atoms with Gasteiger partial charge in [-0.3, -0.25) is 19.6 Å². The van der Waals surface area contributed by atoms with Crippen molar-refractivity contribution in [1.29, 1.82) is 0 Å². The Morgan fingerprint density at radius 2 is 1.77 bits per heavy atom. The summed E-state index contributed by atoms with van der Waals surface area (Å²) in [4.78, 5) is 34.5. The SMILES string of the molecule is Cc1[nH]c(CN(C)C(=O)c2c(Cn3cc(Cn4c5ccccc5c5ccccc54)nn3)nn3c2CCC3)nc1-c1cccc([N+](=O)[O-])c1. The fourth-order valence-corrected chi connectivity index (χ4v) is 6.85. The third-order valence-electron chi connectivity index (χ3n) is 9.02. The van der Waals surface area contributed by atoms with Crippen molar-refractivity contribution in [2.45, 2.75) is 45.9 Å². The fraction of sp³-hybridized carbons (Fsp3) is 0.229. The Balaban J connectivity index is 1.03. The first kappa shape index (κ1) is 29.3. The highest BCUT2D eigenvalue weighted by atomic mass is 16.6. The molecule has 0 saturated carbocycles. The zero-order valence-electron chi connectivity index (χ0n) is 26.5. The highest BCUT2D eigenvalue weighted by molar-refractivity contribution is 6.08. The van der Waals surface area contributed by atoms with Crippen LogP contribution in [0.2, 0.25) is 0 Å². The highest BCUT2D eigenvalue weighted by Gasteiger charge is 2.29. The summed E-state index contributed by atoms with van der Waals surface area (Å²) in [7, 11) is 1.75. The molecule has 0 aliphatic carbocycles. The van der Waals surface area contributed by atoms with Gasteiger partial charge >= 0.3 is 0 Å². The van der Waals surface area contributed by atoms with Gasteiger partial charge in [-0.1, -0.05) is 53.7 Å². The van der Waals surface area contributed by atoms with Crippen molar-refractivity contribution < 1.29 is 9.72 Å². The van der Waals surface area contributed by atoms with E-state index in [4.69, 9.17) is 10.1 Å². The van der Waals surface area contributed by atoms with Gasteiger partial charge in [0.2, 0.25) is 0 Å². The van der Waals surface area contributed by atoms with E-state index >= 15 is 0 Å². The Hall–Kier alpha value is -6.11. The molecule has 8 rings (SSSR count). The maximum Gasteiger partial charge on any atom is 0.270 e. The molecule has 4 aromatic heterocycles. The van der Waals surface area contributed by atoms with Crippen LogP contribution < -0.4 is 0 Å². The Kier molecular flexibility index (Phi) is 7.08. The van der Waals surface area contributed by atoms with Gasteiger partial charge in [0, 0.05) is 58.8 Å². The summed E-state index contributed by atoms with van der Waals surface area (Å²) < 4.78 is 5.94. The molecule has 1 aliphatic rings. The van der Waals surface area contributed by atoms with E-state index < -0.39 is 4.92 Å². The normalized spacial score (nSPS) is 12.6. The molecule has 13 heteroatoms. The lowest BCUT2D eigenvalue weighted by molar-refractivity contribution is -0.384. The van der Waals surface area contributed by atoms with E-state index in [0.717, 1.165) is 47.5 Å². The van der Waals surface area contributed by atoms with Crippen LogP contribution in [0.4, 0.5) is 5.69 Å². The first-order chi connectivity index (χ1) is 23.3. The number of nitrogens with zero attached hydrogens (tertiary/aromatic N) is 9. The van der Waals surface area contributed by atoms with Crippen LogP contribution in [0.25, 0.3) is 33.1 Å². The molecule has 7 aromatic rings. The number of nitrogens with one attached hydrogen (secondary N) is 1. The van der Waals surface area contributed by atoms with Gasteiger partial charge in [-0.05, 0) is 31.9 Å². The third kappa shape index (κ3) is 5.09. The van der Waals surface area contributed by atoms with Crippen LogP contribution in [-0.2, 0) is 32.6 Å². The molecule has 0 fully saturated rings. The maximum absolute atomic E-state index is 14.0. The zero-order valence-corrected chi connectivity index (χ0v) is 26.5. The minimum absolute atomic E-state index is 0.00227. The summed E-state index contributed by atoms with van der Waals surface area (Å²) in [6, 6.07) is 23.1. The third-order valence-corrected chi connectivity index (χ3v) is 9.02. The van der Waals surface area contributed by atoms with Gasteiger partial charge in [-0.15, -0.1) is 5.10 Å². The van der Waals surface area contributed by atoms with Crippen molar-refractivity contribution >= 4 is 33.4 Å². The summed E-state index contributed by atoms with van der Waals surface area (Å²) >= 11 is 0. The van der Waals surface area contributed by atoms with Crippen molar-refractivity contribution in [3.8, 4) is 11.3 Å². The van der Waals surface area contributed by atoms with E-state index in [-0.39, 0.29) is 18.1 Å². The molecule has 0 saturated heterocycles. The van der Waals surface area contributed by atoms with Crippen LogP contribution >= 0.6 is 0 Å². The minimum Gasteiger partial charge on any atom is -0.344 e. The number of rotatable bonds is 9. The van der Waals surface area contributed by atoms with Crippen molar-refractivity contribution in [1.82, 2.24) is 44.2 Å². The van der Waals surface area contributed by atoms with Gasteiger partial charge in [-0.2, -0.15) is 5.10 Å². The average Bonchev–Trinajstić information content (AvgIpc) is 3.92. The van der Waals surface area contributed by atoms with E-state index in [1.54, 1.807) is 28.8 Å². The first-order valence-corrected chi connectivity index (χ1v) is 15.8. The number of para-hydroxylation sites is 2. The largest absolute Gasteiger partial charge is 0.344 e. The Labute approximate surface area is 274 Å². The second-order valence-electron chi connectivity index (χ2n) is 12.2. The summed E-state index contributed by atoms with van der Waals surface area (Å²) in [5.41, 5.74) is 7.28. The van der Waals surface area contributed by atoms with Crippen LogP contribution in [-0.4, -0.2) is 62.1 Å². The Morgan fingerprint density at radius 3 is 2.52 bits per heavy atom. The first-order valence-electron chi connectivity index (χ1n) is 15.8. The van der Waals surface area contributed by atoms with Gasteiger partial charge < -0.3 is 14.5 Å². The summed E-state index contributed by atoms with van der Waals surface area (Å²) in [5.74, 6) is 0.436. The molecular weight excluding hydrogens is 608 g/mol. The number of amides is 1. The number of nitro groups is 1. The number of benzene rings is 3. The van der Waals surface area contributed by atoms with Crippen LogP contribution in [0.1, 0.15) is 45.4 Å². The lowest BCUT2D eigenvalue weighted by atomic mass is 10.1. The number of nitro benzene ring substituents is 1. The number of imidazole rings is 1. The van der Waals surface area contributed by atoms with E-state index in [2.05, 4.69) is 56.3 Å². The zero-order chi connectivity index (χ0) is 32.9. The van der Waals surface area contributed by atoms with Crippen LogP contribution in [0.5, 0.6) is 0 Å². The lowest BCUT2D eigenvalue weighted by Gasteiger charge is -2.16. The number of non-ortho nitro benzene ring substituents is 1. The predicted octanol–water partition coefficient (Wildman–Crippen LogP) is 5.50. The summed E-state index contributed by atoms with van der Waals surface area (Å²) in [5, 5.41) is 27.5. The van der Waals surface area contributed by atoms with Crippen molar-refractivity contribution in [3.05, 3.63) is 123 Å². The number of hydrogen-bond donors (Lipinski definition) is 1. The molecule has 0 radical (unpaired) electrons. The number of aromatic nitrogens is 8. The second-order valence-corrected chi connectivity index (χ2v) is 12.2. The topological polar surface area (TPSA) is 146 Å². The minimum atomic E-state index is -0.424. The molecule has 48 heavy (non-hydrogen) atoms. The lowest BCUT2D eigenvalue weighted by Crippen LogP contribution is -2.28. The van der Waals surface area contributed by atoms with Crippen molar-refractivity contribution in [3.63, 3.8) is 0 Å². The van der Waals surface area contributed by atoms with Crippen molar-refractivity contribution in [2.75, 3.05) is 7.05 Å². The molecule has 0 unspecified atom stereocenters. The quantitative estimate of drug-likeness (QED) is 0.162. The van der Waals surface area contributed by atoms with Gasteiger partial charge in [0.05, 0.1) is 53.4 Å². The standard InChI is InChI=1S/C35H32N10O3/c1-22-34(23-9-7-10-25(17-23)45(47)48)37-32(36-22)21-41(2)35(46)33-28(39-44-16-8-15-31(33)44)20-42-18-24(38-40-42)19-43-29-13-5-3-11-26(29)27-12-4-6-14-30(27)43/h3-7,9-14,17-18H,8,15-16,19-21H2,1-2H3,(H,36,37). The molecule has 1 aliphatic heterocycles. The molecule has 1 amide bonds. The van der Waals surface area contributed by atoms with Gasteiger partial charge in [0.15, 0.2) is 0 Å². The van der Waals surface area contributed by atoms with E-state index in [1.807, 2.05) is 29.9 Å². The molecule has 240 valence electrons. The molecule has 5 heterocycles. The summed E-state index contributed by atoms with van der Waals surface area (Å²) in [6.07, 6.45) is 3.63. The maximum atomic E-state index is 14.0. The van der Waals surface area contributed by atoms with Gasteiger partial charge in [-0.25, -0.2) is 9.67 Å². The number of fused-ring (bicyclic) bond motifs is 4. The van der Waals surface area contributed by atoms with Crippen LogP contribution in [0.15, 0.2) is 79.0 Å². The predicted molar refractivity (Wildman–Crippen MR) is 179 cm³/mol. The molecule has 13 nitrogen and oxygen atoms in total. The second kappa shape index (κ2) is 11.6. The molecule has 0 spiro atoms. The highest BCUT2D eigenvalue weighted by Crippen LogP contribution is 2.30. The summed E-state index contributed by atoms with van der Waals surface area (Å²) in [6.45, 7) is 3.72. The Bertz CT molecular complexity index is 2310. The fourth-order valence-electron chi connectivity index (χ4n) is 6.85. The molecule has 1 N–H and O–H groups in total. The smallest absolute Gasteiger partial charge is 0.270 e. The van der Waals surface area contributed by atoms with Gasteiger partial charge in [0.1, 0.15) is 11.5 Å². The monoisotopic (exact) mass is 640 g/mol. The molecule has 0 atom stereocenters. The van der Waals surface area contributed by atoms with E-state index in [0.29, 0.717) is 41.4 Å². The number of aryl methyl sites for hydroxylation is 2. The van der Waals surface area contributed by atoms with E-state index in [9.17, 15) is 14.9 Å². The molecule has 3 aromatic carbocycles. The van der Waals surface area contributed by atoms with Crippen molar-refractivity contribution in [2.24, 2.45) is 0 Å². The molecule has 0 bridgehead atoms. The molecular formula is C35H32N10O3. The van der Waals surface area contributed by atoms with Gasteiger partial charge in [0.25, 0.3) is 11.6 Å². The van der Waals surface area contributed by atoms with Crippen LogP contribution in [0, 0.1) is 17.0 Å². The average molecular weight is 641 g/mol. The number of carbonyl (C=O) groups is 1.